The molecule has 25 heavy (non-hydrogen) atoms. The SMILES string of the molecule is Cc1c(C2=C(c3sc4ccccc4c3C)COC2)sc2ccccc12. The van der Waals surface area contributed by atoms with Crippen molar-refractivity contribution in [1.29, 1.82) is 0 Å². The standard InChI is InChI=1S/C22H18OS2/c1-13-15-7-3-5-9-19(15)24-21(13)17-11-23-12-18(17)22-14(2)16-8-4-6-10-20(16)25-22/h3-10H,11-12H2,1-2H3. The van der Waals surface area contributed by atoms with Crippen LogP contribution in [0.25, 0.3) is 31.3 Å². The smallest absolute Gasteiger partial charge is 0.0739 e. The van der Waals surface area contributed by atoms with Gasteiger partial charge in [-0.25, -0.2) is 0 Å². The molecule has 0 fully saturated rings. The molecule has 1 nitrogen and oxygen atoms in total. The number of thiophene rings is 2. The number of ether oxygens (including phenoxy) is 1. The molecule has 0 saturated carbocycles. The van der Waals surface area contributed by atoms with Crippen molar-refractivity contribution in [2.75, 3.05) is 13.2 Å². The van der Waals surface area contributed by atoms with Gasteiger partial charge in [-0.2, -0.15) is 0 Å². The van der Waals surface area contributed by atoms with Crippen molar-refractivity contribution in [1.82, 2.24) is 0 Å². The zero-order chi connectivity index (χ0) is 17.0. The van der Waals surface area contributed by atoms with E-state index >= 15 is 0 Å². The van der Waals surface area contributed by atoms with Gasteiger partial charge < -0.3 is 4.74 Å². The summed E-state index contributed by atoms with van der Waals surface area (Å²) in [7, 11) is 0. The van der Waals surface area contributed by atoms with E-state index in [2.05, 4.69) is 62.4 Å². The van der Waals surface area contributed by atoms with Gasteiger partial charge in [0.1, 0.15) is 0 Å². The van der Waals surface area contributed by atoms with Crippen molar-refractivity contribution in [3.05, 3.63) is 69.4 Å². The molecule has 0 spiro atoms. The van der Waals surface area contributed by atoms with Crippen LogP contribution in [0.4, 0.5) is 0 Å². The predicted octanol–water partition coefficient (Wildman–Crippen LogP) is 6.67. The minimum absolute atomic E-state index is 0.719. The summed E-state index contributed by atoms with van der Waals surface area (Å²) in [6.07, 6.45) is 0. The molecule has 0 aliphatic carbocycles. The van der Waals surface area contributed by atoms with E-state index in [9.17, 15) is 0 Å². The van der Waals surface area contributed by atoms with E-state index in [0.29, 0.717) is 0 Å². The third-order valence-corrected chi connectivity index (χ3v) is 7.76. The minimum atomic E-state index is 0.719. The second-order valence-corrected chi connectivity index (χ2v) is 8.66. The summed E-state index contributed by atoms with van der Waals surface area (Å²) in [6, 6.07) is 17.4. The van der Waals surface area contributed by atoms with E-state index in [1.54, 1.807) is 0 Å². The largest absolute Gasteiger partial charge is 0.372 e. The summed E-state index contributed by atoms with van der Waals surface area (Å²) in [5.41, 5.74) is 5.54. The summed E-state index contributed by atoms with van der Waals surface area (Å²) < 4.78 is 8.65. The molecule has 2 aromatic carbocycles. The van der Waals surface area contributed by atoms with E-state index in [1.165, 1.54) is 52.2 Å². The fraction of sp³-hybridized carbons (Fsp3) is 0.182. The first-order valence-electron chi connectivity index (χ1n) is 8.51. The molecule has 0 atom stereocenters. The van der Waals surface area contributed by atoms with Gasteiger partial charge in [0.15, 0.2) is 0 Å². The molecular formula is C22H18OS2. The maximum absolute atomic E-state index is 5.92. The second-order valence-electron chi connectivity index (χ2n) is 6.55. The predicted molar refractivity (Wildman–Crippen MR) is 111 cm³/mol. The first-order valence-corrected chi connectivity index (χ1v) is 10.1. The first-order chi connectivity index (χ1) is 12.2. The van der Waals surface area contributed by atoms with Crippen LogP contribution >= 0.6 is 22.7 Å². The molecule has 1 aliphatic rings. The minimum Gasteiger partial charge on any atom is -0.372 e. The van der Waals surface area contributed by atoms with Gasteiger partial charge in [0, 0.05) is 30.3 Å². The van der Waals surface area contributed by atoms with Crippen LogP contribution in [-0.2, 0) is 4.74 Å². The van der Waals surface area contributed by atoms with E-state index in [4.69, 9.17) is 4.74 Å². The van der Waals surface area contributed by atoms with E-state index in [1.807, 2.05) is 22.7 Å². The normalized spacial score (nSPS) is 15.0. The van der Waals surface area contributed by atoms with Crippen molar-refractivity contribution < 1.29 is 4.74 Å². The van der Waals surface area contributed by atoms with Crippen molar-refractivity contribution in [3.63, 3.8) is 0 Å². The molecule has 5 rings (SSSR count). The number of fused-ring (bicyclic) bond motifs is 2. The lowest BCUT2D eigenvalue weighted by atomic mass is 10.0. The van der Waals surface area contributed by atoms with Gasteiger partial charge in [0.25, 0.3) is 0 Å². The molecule has 0 unspecified atom stereocenters. The van der Waals surface area contributed by atoms with Crippen LogP contribution in [0.3, 0.4) is 0 Å². The number of rotatable bonds is 2. The zero-order valence-electron chi connectivity index (χ0n) is 14.3. The lowest BCUT2D eigenvalue weighted by Crippen LogP contribution is -1.89. The Kier molecular flexibility index (Phi) is 3.56. The van der Waals surface area contributed by atoms with Crippen LogP contribution in [-0.4, -0.2) is 13.2 Å². The third kappa shape index (κ3) is 2.30. The topological polar surface area (TPSA) is 9.23 Å². The van der Waals surface area contributed by atoms with E-state index < -0.39 is 0 Å². The van der Waals surface area contributed by atoms with Crippen molar-refractivity contribution >= 4 is 54.0 Å². The van der Waals surface area contributed by atoms with Crippen molar-refractivity contribution in [2.45, 2.75) is 13.8 Å². The zero-order valence-corrected chi connectivity index (χ0v) is 15.9. The average Bonchev–Trinajstić information content (AvgIpc) is 3.32. The Hall–Kier alpha value is -1.94. The fourth-order valence-corrected chi connectivity index (χ4v) is 6.29. The van der Waals surface area contributed by atoms with E-state index in [-0.39, 0.29) is 0 Å². The maximum atomic E-state index is 5.92. The molecule has 1 aliphatic heterocycles. The van der Waals surface area contributed by atoms with Gasteiger partial charge in [-0.15, -0.1) is 22.7 Å². The number of hydrogen-bond acceptors (Lipinski definition) is 3. The Bertz CT molecular complexity index is 1050. The molecule has 2 aromatic heterocycles. The van der Waals surface area contributed by atoms with Crippen molar-refractivity contribution in [3.8, 4) is 0 Å². The summed E-state index contributed by atoms with van der Waals surface area (Å²) in [5, 5.41) is 2.74. The molecule has 0 bridgehead atoms. The summed E-state index contributed by atoms with van der Waals surface area (Å²) in [4.78, 5) is 2.79. The summed E-state index contributed by atoms with van der Waals surface area (Å²) in [5.74, 6) is 0. The van der Waals surface area contributed by atoms with Gasteiger partial charge in [-0.05, 0) is 47.9 Å². The van der Waals surface area contributed by atoms with Crippen LogP contribution in [0.1, 0.15) is 20.9 Å². The van der Waals surface area contributed by atoms with Gasteiger partial charge in [-0.1, -0.05) is 36.4 Å². The van der Waals surface area contributed by atoms with Crippen molar-refractivity contribution in [2.24, 2.45) is 0 Å². The summed E-state index contributed by atoms with van der Waals surface area (Å²) in [6.45, 7) is 5.93. The summed E-state index contributed by atoms with van der Waals surface area (Å²) >= 11 is 3.80. The molecule has 124 valence electrons. The van der Waals surface area contributed by atoms with Gasteiger partial charge in [-0.3, -0.25) is 0 Å². The number of hydrogen-bond donors (Lipinski definition) is 0. The Balaban J connectivity index is 1.75. The molecule has 4 aromatic rings. The molecular weight excluding hydrogens is 344 g/mol. The number of benzene rings is 2. The van der Waals surface area contributed by atoms with E-state index in [0.717, 1.165) is 13.2 Å². The Labute approximate surface area is 155 Å². The highest BCUT2D eigenvalue weighted by Crippen LogP contribution is 2.44. The molecule has 0 radical (unpaired) electrons. The second kappa shape index (κ2) is 5.80. The van der Waals surface area contributed by atoms with Gasteiger partial charge in [0.05, 0.1) is 13.2 Å². The number of aryl methyl sites for hydroxylation is 2. The highest BCUT2D eigenvalue weighted by molar-refractivity contribution is 7.21. The van der Waals surface area contributed by atoms with Crippen LogP contribution in [0.5, 0.6) is 0 Å². The van der Waals surface area contributed by atoms with Crippen LogP contribution < -0.4 is 0 Å². The van der Waals surface area contributed by atoms with Crippen LogP contribution in [0.15, 0.2) is 48.5 Å². The lowest BCUT2D eigenvalue weighted by Gasteiger charge is -2.05. The Morgan fingerprint density at radius 1 is 0.680 bits per heavy atom. The maximum Gasteiger partial charge on any atom is 0.0739 e. The molecule has 0 saturated heterocycles. The quantitative estimate of drug-likeness (QED) is 0.387. The molecule has 0 amide bonds. The molecule has 3 heterocycles. The van der Waals surface area contributed by atoms with Crippen LogP contribution in [0, 0.1) is 13.8 Å². The molecule has 0 N–H and O–H groups in total. The third-order valence-electron chi connectivity index (χ3n) is 5.09. The highest BCUT2D eigenvalue weighted by atomic mass is 32.1. The first kappa shape index (κ1) is 15.3. The Morgan fingerprint density at radius 2 is 1.12 bits per heavy atom. The van der Waals surface area contributed by atoms with Gasteiger partial charge >= 0.3 is 0 Å². The lowest BCUT2D eigenvalue weighted by molar-refractivity contribution is 0.219. The molecule has 3 heteroatoms. The van der Waals surface area contributed by atoms with Crippen LogP contribution in [0.2, 0.25) is 0 Å². The Morgan fingerprint density at radius 3 is 1.56 bits per heavy atom. The monoisotopic (exact) mass is 362 g/mol. The fourth-order valence-electron chi connectivity index (χ4n) is 3.76. The van der Waals surface area contributed by atoms with Gasteiger partial charge in [0.2, 0.25) is 0 Å². The average molecular weight is 363 g/mol. The highest BCUT2D eigenvalue weighted by Gasteiger charge is 2.25.